The number of hydrogen-bond donors (Lipinski definition) is 2. The Labute approximate surface area is 145 Å². The molecule has 0 bridgehead atoms. The van der Waals surface area contributed by atoms with Crippen molar-refractivity contribution >= 4 is 29.3 Å². The maximum Gasteiger partial charge on any atom is 0.321 e. The molecule has 8 nitrogen and oxygen atoms in total. The zero-order valence-electron chi connectivity index (χ0n) is 14.0. The molecule has 130 valence electrons. The summed E-state index contributed by atoms with van der Waals surface area (Å²) in [6.45, 7) is 4.05. The Balaban J connectivity index is 1.52. The quantitative estimate of drug-likeness (QED) is 0.889. The van der Waals surface area contributed by atoms with Crippen LogP contribution in [0.1, 0.15) is 6.92 Å². The van der Waals surface area contributed by atoms with E-state index in [-0.39, 0.29) is 11.9 Å². The third kappa shape index (κ3) is 4.43. The minimum absolute atomic E-state index is 0.128. The Morgan fingerprint density at radius 3 is 2.04 bits per heavy atom. The van der Waals surface area contributed by atoms with Gasteiger partial charge in [0.15, 0.2) is 0 Å². The summed E-state index contributed by atoms with van der Waals surface area (Å²) in [5, 5.41) is 5.56. The number of hydrogen-bond acceptors (Lipinski definition) is 5. The molecule has 1 fully saturated rings. The minimum atomic E-state index is -0.138. The second kappa shape index (κ2) is 7.61. The monoisotopic (exact) mass is 340 g/mol. The van der Waals surface area contributed by atoms with Crippen molar-refractivity contribution in [2.24, 2.45) is 0 Å². The van der Waals surface area contributed by atoms with Gasteiger partial charge in [-0.1, -0.05) is 0 Å². The first-order valence-electron chi connectivity index (χ1n) is 8.07. The Hall–Kier alpha value is -3.16. The maximum absolute atomic E-state index is 12.4. The Bertz CT molecular complexity index is 727. The number of urea groups is 1. The van der Waals surface area contributed by atoms with Gasteiger partial charge in [0, 0.05) is 56.9 Å². The number of carbonyl (C=O) groups is 2. The van der Waals surface area contributed by atoms with E-state index in [4.69, 9.17) is 0 Å². The van der Waals surface area contributed by atoms with E-state index in [0.29, 0.717) is 43.5 Å². The van der Waals surface area contributed by atoms with E-state index in [9.17, 15) is 9.59 Å². The van der Waals surface area contributed by atoms with Crippen molar-refractivity contribution in [2.45, 2.75) is 6.92 Å². The van der Waals surface area contributed by atoms with E-state index in [2.05, 4.69) is 25.5 Å². The van der Waals surface area contributed by atoms with Crippen molar-refractivity contribution in [3.05, 3.63) is 42.7 Å². The molecule has 1 aliphatic rings. The van der Waals surface area contributed by atoms with Crippen molar-refractivity contribution < 1.29 is 9.59 Å². The number of aromatic nitrogens is 2. The van der Waals surface area contributed by atoms with Crippen molar-refractivity contribution in [3.63, 3.8) is 0 Å². The molecule has 1 aromatic heterocycles. The molecule has 0 radical (unpaired) electrons. The van der Waals surface area contributed by atoms with Gasteiger partial charge >= 0.3 is 6.03 Å². The molecule has 8 heteroatoms. The number of benzene rings is 1. The number of carbonyl (C=O) groups excluding carboxylic acids is 2. The largest absolute Gasteiger partial charge is 0.337 e. The van der Waals surface area contributed by atoms with Crippen LogP contribution in [0.2, 0.25) is 0 Å². The van der Waals surface area contributed by atoms with Gasteiger partial charge in [-0.3, -0.25) is 4.79 Å². The fourth-order valence-corrected chi connectivity index (χ4v) is 2.61. The molecule has 0 atom stereocenters. The second-order valence-electron chi connectivity index (χ2n) is 5.71. The number of nitrogens with one attached hydrogen (secondary N) is 2. The molecule has 2 N–H and O–H groups in total. The van der Waals surface area contributed by atoms with Gasteiger partial charge in [0.2, 0.25) is 11.9 Å². The van der Waals surface area contributed by atoms with Crippen molar-refractivity contribution in [3.8, 4) is 0 Å². The lowest BCUT2D eigenvalue weighted by atomic mass is 10.2. The lowest BCUT2D eigenvalue weighted by molar-refractivity contribution is -0.114. The van der Waals surface area contributed by atoms with Crippen LogP contribution in [0.5, 0.6) is 0 Å². The third-order valence-electron chi connectivity index (χ3n) is 3.86. The van der Waals surface area contributed by atoms with E-state index in [1.165, 1.54) is 6.92 Å². The predicted octanol–water partition coefficient (Wildman–Crippen LogP) is 1.79. The first-order chi connectivity index (χ1) is 12.1. The lowest BCUT2D eigenvalue weighted by Gasteiger charge is -2.34. The average Bonchev–Trinajstić information content (AvgIpc) is 2.64. The van der Waals surface area contributed by atoms with E-state index in [1.54, 1.807) is 47.6 Å². The number of piperazine rings is 1. The highest BCUT2D eigenvalue weighted by Crippen LogP contribution is 2.15. The SMILES string of the molecule is CC(=O)Nc1ccc(NC(=O)N2CCN(c3ncccn3)CC2)cc1. The van der Waals surface area contributed by atoms with Crippen molar-refractivity contribution in [1.82, 2.24) is 14.9 Å². The first-order valence-corrected chi connectivity index (χ1v) is 8.07. The average molecular weight is 340 g/mol. The zero-order chi connectivity index (χ0) is 17.6. The van der Waals surface area contributed by atoms with Gasteiger partial charge in [0.25, 0.3) is 0 Å². The van der Waals surface area contributed by atoms with E-state index < -0.39 is 0 Å². The van der Waals surface area contributed by atoms with Gasteiger partial charge in [0.1, 0.15) is 0 Å². The molecule has 0 spiro atoms. The van der Waals surface area contributed by atoms with Crippen LogP contribution in [-0.4, -0.2) is 53.0 Å². The molecule has 0 saturated carbocycles. The van der Waals surface area contributed by atoms with Crippen LogP contribution in [0.4, 0.5) is 22.1 Å². The highest BCUT2D eigenvalue weighted by molar-refractivity contribution is 5.91. The fourth-order valence-electron chi connectivity index (χ4n) is 2.61. The summed E-state index contributed by atoms with van der Waals surface area (Å²) in [5.74, 6) is 0.563. The molecule has 2 heterocycles. The zero-order valence-corrected chi connectivity index (χ0v) is 14.0. The van der Waals surface area contributed by atoms with Crippen LogP contribution in [0.15, 0.2) is 42.7 Å². The van der Waals surface area contributed by atoms with Crippen LogP contribution in [0.25, 0.3) is 0 Å². The molecular formula is C17H20N6O2. The van der Waals surface area contributed by atoms with Gasteiger partial charge in [-0.25, -0.2) is 14.8 Å². The lowest BCUT2D eigenvalue weighted by Crippen LogP contribution is -2.50. The molecule has 0 aliphatic carbocycles. The predicted molar refractivity (Wildman–Crippen MR) is 95.6 cm³/mol. The number of anilines is 3. The molecule has 0 unspecified atom stereocenters. The number of amides is 3. The summed E-state index contributed by atoms with van der Waals surface area (Å²) >= 11 is 0. The fraction of sp³-hybridized carbons (Fsp3) is 0.294. The first kappa shape index (κ1) is 16.7. The van der Waals surface area contributed by atoms with Crippen LogP contribution >= 0.6 is 0 Å². The van der Waals surface area contributed by atoms with E-state index in [1.807, 2.05) is 0 Å². The second-order valence-corrected chi connectivity index (χ2v) is 5.71. The standard InChI is InChI=1S/C17H20N6O2/c1-13(24)20-14-3-5-15(6-4-14)21-17(25)23-11-9-22(10-12-23)16-18-7-2-8-19-16/h2-8H,9-12H2,1H3,(H,20,24)(H,21,25). The maximum atomic E-state index is 12.4. The van der Waals surface area contributed by atoms with Gasteiger partial charge < -0.3 is 20.4 Å². The molecular weight excluding hydrogens is 320 g/mol. The third-order valence-corrected chi connectivity index (χ3v) is 3.86. The molecule has 3 amide bonds. The Morgan fingerprint density at radius 2 is 1.48 bits per heavy atom. The summed E-state index contributed by atoms with van der Waals surface area (Å²) in [5.41, 5.74) is 1.38. The molecule has 25 heavy (non-hydrogen) atoms. The van der Waals surface area contributed by atoms with Gasteiger partial charge in [-0.05, 0) is 30.3 Å². The van der Waals surface area contributed by atoms with Gasteiger partial charge in [-0.15, -0.1) is 0 Å². The summed E-state index contributed by atoms with van der Waals surface area (Å²) in [6.07, 6.45) is 3.43. The van der Waals surface area contributed by atoms with Crippen LogP contribution in [0, 0.1) is 0 Å². The normalized spacial score (nSPS) is 14.1. The topological polar surface area (TPSA) is 90.5 Å². The number of nitrogens with zero attached hydrogens (tertiary/aromatic N) is 4. The Morgan fingerprint density at radius 1 is 0.920 bits per heavy atom. The summed E-state index contributed by atoms with van der Waals surface area (Å²) in [6, 6.07) is 8.67. The highest BCUT2D eigenvalue weighted by atomic mass is 16.2. The van der Waals surface area contributed by atoms with Crippen molar-refractivity contribution in [2.75, 3.05) is 41.7 Å². The summed E-state index contributed by atoms with van der Waals surface area (Å²) in [4.78, 5) is 35.7. The van der Waals surface area contributed by atoms with Gasteiger partial charge in [-0.2, -0.15) is 0 Å². The molecule has 3 rings (SSSR count). The minimum Gasteiger partial charge on any atom is -0.337 e. The number of rotatable bonds is 3. The summed E-state index contributed by atoms with van der Waals surface area (Å²) in [7, 11) is 0. The smallest absolute Gasteiger partial charge is 0.321 e. The Kier molecular flexibility index (Phi) is 5.08. The van der Waals surface area contributed by atoms with Crippen molar-refractivity contribution in [1.29, 1.82) is 0 Å². The van der Waals surface area contributed by atoms with Crippen LogP contribution in [-0.2, 0) is 4.79 Å². The molecule has 1 saturated heterocycles. The summed E-state index contributed by atoms with van der Waals surface area (Å²) < 4.78 is 0. The highest BCUT2D eigenvalue weighted by Gasteiger charge is 2.22. The van der Waals surface area contributed by atoms with Crippen LogP contribution < -0.4 is 15.5 Å². The molecule has 2 aromatic rings. The molecule has 1 aliphatic heterocycles. The van der Waals surface area contributed by atoms with E-state index in [0.717, 1.165) is 0 Å². The molecule has 1 aromatic carbocycles. The van der Waals surface area contributed by atoms with Crippen LogP contribution in [0.3, 0.4) is 0 Å². The van der Waals surface area contributed by atoms with Gasteiger partial charge in [0.05, 0.1) is 0 Å². The van der Waals surface area contributed by atoms with E-state index >= 15 is 0 Å².